The predicted molar refractivity (Wildman–Crippen MR) is 80.6 cm³/mol. The molecule has 0 heterocycles. The van der Waals surface area contributed by atoms with Gasteiger partial charge in [-0.05, 0) is 23.5 Å². The fraction of sp³-hybridized carbons (Fsp3) is 0.588. The lowest BCUT2D eigenvalue weighted by molar-refractivity contribution is -0.154. The van der Waals surface area contributed by atoms with Crippen molar-refractivity contribution in [2.24, 2.45) is 0 Å². The number of benzene rings is 1. The van der Waals surface area contributed by atoms with Crippen LogP contribution in [0.2, 0.25) is 0 Å². The Labute approximate surface area is 122 Å². The van der Waals surface area contributed by atoms with Crippen molar-refractivity contribution >= 4 is 5.97 Å². The molecule has 0 aliphatic heterocycles. The first kappa shape index (κ1) is 16.7. The third-order valence-corrected chi connectivity index (χ3v) is 3.38. The van der Waals surface area contributed by atoms with Gasteiger partial charge in [0.15, 0.2) is 6.10 Å². The van der Waals surface area contributed by atoms with E-state index in [1.807, 2.05) is 12.1 Å². The Hall–Kier alpha value is -1.35. The maximum atomic E-state index is 11.7. The molecule has 0 aliphatic rings. The van der Waals surface area contributed by atoms with Crippen LogP contribution in [0.5, 0.6) is 0 Å². The van der Waals surface area contributed by atoms with Crippen LogP contribution in [0.25, 0.3) is 0 Å². The minimum Gasteiger partial charge on any atom is -0.464 e. The van der Waals surface area contributed by atoms with Gasteiger partial charge < -0.3 is 9.84 Å². The summed E-state index contributed by atoms with van der Waals surface area (Å²) in [6, 6.07) is 7.46. The van der Waals surface area contributed by atoms with E-state index in [0.717, 1.165) is 25.7 Å². The van der Waals surface area contributed by atoms with Gasteiger partial charge in [-0.2, -0.15) is 0 Å². The second kappa shape index (κ2) is 8.75. The summed E-state index contributed by atoms with van der Waals surface area (Å²) in [7, 11) is 0. The van der Waals surface area contributed by atoms with Gasteiger partial charge in [0, 0.05) is 0 Å². The Morgan fingerprint density at radius 2 is 1.70 bits per heavy atom. The van der Waals surface area contributed by atoms with Crippen LogP contribution in [-0.4, -0.2) is 17.7 Å². The molecule has 0 saturated heterocycles. The molecule has 0 aliphatic carbocycles. The van der Waals surface area contributed by atoms with Gasteiger partial charge in [-0.25, -0.2) is 4.79 Å². The van der Waals surface area contributed by atoms with E-state index in [4.69, 9.17) is 4.74 Å². The minimum absolute atomic E-state index is 0.389. The highest BCUT2D eigenvalue weighted by Crippen LogP contribution is 2.19. The van der Waals surface area contributed by atoms with Crippen LogP contribution in [0, 0.1) is 0 Å². The first-order valence-electron chi connectivity index (χ1n) is 7.50. The van der Waals surface area contributed by atoms with E-state index >= 15 is 0 Å². The summed E-state index contributed by atoms with van der Waals surface area (Å²) in [4.78, 5) is 11.7. The van der Waals surface area contributed by atoms with Crippen LogP contribution in [0.15, 0.2) is 24.3 Å². The minimum atomic E-state index is -1.18. The smallest absolute Gasteiger partial charge is 0.339 e. The molecular formula is C17H26O3. The van der Waals surface area contributed by atoms with E-state index in [2.05, 4.69) is 20.8 Å². The standard InChI is InChI=1S/C17H26O3/c1-4-5-6-7-12-20-17(19)16(18)15-10-8-14(9-11-15)13(2)3/h8-11,13,16,18H,4-7,12H2,1-3H3. The lowest BCUT2D eigenvalue weighted by atomic mass is 10.00. The van der Waals surface area contributed by atoms with Crippen LogP contribution >= 0.6 is 0 Å². The molecule has 0 amide bonds. The molecule has 1 aromatic rings. The van der Waals surface area contributed by atoms with Crippen LogP contribution in [0.3, 0.4) is 0 Å². The van der Waals surface area contributed by atoms with Gasteiger partial charge in [-0.1, -0.05) is 64.3 Å². The largest absolute Gasteiger partial charge is 0.464 e. The van der Waals surface area contributed by atoms with Gasteiger partial charge in [0.05, 0.1) is 6.61 Å². The fourth-order valence-electron chi connectivity index (χ4n) is 1.98. The molecule has 1 N–H and O–H groups in total. The third kappa shape index (κ3) is 5.33. The van der Waals surface area contributed by atoms with Crippen molar-refractivity contribution in [2.75, 3.05) is 6.61 Å². The van der Waals surface area contributed by atoms with Gasteiger partial charge >= 0.3 is 5.97 Å². The quantitative estimate of drug-likeness (QED) is 0.578. The molecule has 0 saturated carbocycles. The lowest BCUT2D eigenvalue weighted by Gasteiger charge is -2.12. The molecule has 1 unspecified atom stereocenters. The summed E-state index contributed by atoms with van der Waals surface area (Å²) < 4.78 is 5.09. The molecular weight excluding hydrogens is 252 g/mol. The summed E-state index contributed by atoms with van der Waals surface area (Å²) in [5.74, 6) is -0.120. The van der Waals surface area contributed by atoms with Crippen molar-refractivity contribution < 1.29 is 14.6 Å². The third-order valence-electron chi connectivity index (χ3n) is 3.38. The zero-order valence-electron chi connectivity index (χ0n) is 12.8. The molecule has 1 aromatic carbocycles. The number of carbonyl (C=O) groups is 1. The molecule has 112 valence electrons. The summed E-state index contributed by atoms with van der Waals surface area (Å²) >= 11 is 0. The summed E-state index contributed by atoms with van der Waals surface area (Å²) in [6.45, 7) is 6.74. The number of rotatable bonds is 8. The van der Waals surface area contributed by atoms with E-state index in [1.54, 1.807) is 12.1 Å². The number of carbonyl (C=O) groups excluding carboxylic acids is 1. The summed E-state index contributed by atoms with van der Waals surface area (Å²) in [5, 5.41) is 9.95. The molecule has 0 bridgehead atoms. The zero-order valence-corrected chi connectivity index (χ0v) is 12.8. The van der Waals surface area contributed by atoms with E-state index in [1.165, 1.54) is 5.56 Å². The first-order chi connectivity index (χ1) is 9.56. The number of ether oxygens (including phenoxy) is 1. The van der Waals surface area contributed by atoms with Crippen molar-refractivity contribution in [3.63, 3.8) is 0 Å². The highest BCUT2D eigenvalue weighted by molar-refractivity contribution is 5.76. The molecule has 3 heteroatoms. The fourth-order valence-corrected chi connectivity index (χ4v) is 1.98. The lowest BCUT2D eigenvalue weighted by Crippen LogP contribution is -2.16. The normalized spacial score (nSPS) is 12.4. The number of aliphatic hydroxyl groups excluding tert-OH is 1. The number of hydrogen-bond acceptors (Lipinski definition) is 3. The number of esters is 1. The van der Waals surface area contributed by atoms with Crippen molar-refractivity contribution in [2.45, 2.75) is 58.5 Å². The van der Waals surface area contributed by atoms with E-state index in [9.17, 15) is 9.90 Å². The molecule has 1 atom stereocenters. The van der Waals surface area contributed by atoms with E-state index in [0.29, 0.717) is 18.1 Å². The predicted octanol–water partition coefficient (Wildman–Crippen LogP) is 3.97. The molecule has 0 aromatic heterocycles. The summed E-state index contributed by atoms with van der Waals surface area (Å²) in [6.07, 6.45) is 3.04. The van der Waals surface area contributed by atoms with Gasteiger partial charge in [0.2, 0.25) is 0 Å². The molecule has 1 rings (SSSR count). The average Bonchev–Trinajstić information content (AvgIpc) is 2.46. The van der Waals surface area contributed by atoms with E-state index < -0.39 is 12.1 Å². The van der Waals surface area contributed by atoms with Crippen molar-refractivity contribution in [1.82, 2.24) is 0 Å². The zero-order chi connectivity index (χ0) is 15.0. The highest BCUT2D eigenvalue weighted by atomic mass is 16.5. The van der Waals surface area contributed by atoms with Crippen LogP contribution in [0.4, 0.5) is 0 Å². The van der Waals surface area contributed by atoms with E-state index in [-0.39, 0.29) is 0 Å². The van der Waals surface area contributed by atoms with Crippen molar-refractivity contribution in [1.29, 1.82) is 0 Å². The Morgan fingerprint density at radius 1 is 1.10 bits per heavy atom. The summed E-state index contributed by atoms with van der Waals surface area (Å²) in [5.41, 5.74) is 1.78. The van der Waals surface area contributed by atoms with Gasteiger partial charge in [0.25, 0.3) is 0 Å². The second-order valence-corrected chi connectivity index (χ2v) is 5.45. The Balaban J connectivity index is 2.43. The van der Waals surface area contributed by atoms with Gasteiger partial charge in [-0.15, -0.1) is 0 Å². The Kier molecular flexibility index (Phi) is 7.31. The highest BCUT2D eigenvalue weighted by Gasteiger charge is 2.18. The maximum Gasteiger partial charge on any atom is 0.339 e. The first-order valence-corrected chi connectivity index (χ1v) is 7.50. The average molecular weight is 278 g/mol. The maximum absolute atomic E-state index is 11.7. The molecule has 20 heavy (non-hydrogen) atoms. The Bertz CT molecular complexity index is 395. The number of aliphatic hydroxyl groups is 1. The SMILES string of the molecule is CCCCCCOC(=O)C(O)c1ccc(C(C)C)cc1. The van der Waals surface area contributed by atoms with Crippen molar-refractivity contribution in [3.05, 3.63) is 35.4 Å². The molecule has 0 fully saturated rings. The number of hydrogen-bond donors (Lipinski definition) is 1. The molecule has 0 radical (unpaired) electrons. The Morgan fingerprint density at radius 3 is 2.25 bits per heavy atom. The molecule has 0 spiro atoms. The van der Waals surface area contributed by atoms with Crippen LogP contribution in [-0.2, 0) is 9.53 Å². The van der Waals surface area contributed by atoms with Crippen LogP contribution in [0.1, 0.15) is 69.6 Å². The monoisotopic (exact) mass is 278 g/mol. The van der Waals surface area contributed by atoms with Crippen molar-refractivity contribution in [3.8, 4) is 0 Å². The van der Waals surface area contributed by atoms with Gasteiger partial charge in [-0.3, -0.25) is 0 Å². The number of unbranched alkanes of at least 4 members (excludes halogenated alkanes) is 3. The topological polar surface area (TPSA) is 46.5 Å². The second-order valence-electron chi connectivity index (χ2n) is 5.45. The molecule has 3 nitrogen and oxygen atoms in total. The van der Waals surface area contributed by atoms with Crippen LogP contribution < -0.4 is 0 Å². The van der Waals surface area contributed by atoms with Gasteiger partial charge in [0.1, 0.15) is 0 Å².